The standard InChI is InChI=1S/C11H21N/c1-10-4-5-11(8-10)9-12-6-2-3-7-12/h10-11H,2-9H2,1H3. The van der Waals surface area contributed by atoms with Crippen molar-refractivity contribution in [3.8, 4) is 0 Å². The Morgan fingerprint density at radius 1 is 1.17 bits per heavy atom. The third kappa shape index (κ3) is 2.01. The van der Waals surface area contributed by atoms with Crippen molar-refractivity contribution in [1.29, 1.82) is 0 Å². The molecule has 0 amide bonds. The predicted octanol–water partition coefficient (Wildman–Crippen LogP) is 2.52. The molecule has 1 aliphatic carbocycles. The molecule has 70 valence electrons. The van der Waals surface area contributed by atoms with Crippen molar-refractivity contribution < 1.29 is 0 Å². The van der Waals surface area contributed by atoms with Crippen LogP contribution < -0.4 is 0 Å². The average molecular weight is 167 g/mol. The highest BCUT2D eigenvalue weighted by Gasteiger charge is 2.24. The summed E-state index contributed by atoms with van der Waals surface area (Å²) >= 11 is 0. The van der Waals surface area contributed by atoms with Crippen LogP contribution in [0.1, 0.15) is 39.0 Å². The number of hydrogen-bond acceptors (Lipinski definition) is 1. The van der Waals surface area contributed by atoms with Crippen molar-refractivity contribution >= 4 is 0 Å². The Morgan fingerprint density at radius 3 is 2.50 bits per heavy atom. The summed E-state index contributed by atoms with van der Waals surface area (Å²) in [4.78, 5) is 2.67. The minimum absolute atomic E-state index is 1.01. The van der Waals surface area contributed by atoms with E-state index in [4.69, 9.17) is 0 Å². The molecule has 0 aromatic rings. The molecule has 1 aliphatic heterocycles. The van der Waals surface area contributed by atoms with E-state index in [1.165, 1.54) is 51.7 Å². The van der Waals surface area contributed by atoms with Crippen LogP contribution in [0, 0.1) is 11.8 Å². The maximum atomic E-state index is 2.67. The van der Waals surface area contributed by atoms with Crippen molar-refractivity contribution in [2.45, 2.75) is 39.0 Å². The van der Waals surface area contributed by atoms with E-state index in [0.29, 0.717) is 0 Å². The minimum Gasteiger partial charge on any atom is -0.303 e. The molecule has 0 aromatic heterocycles. The summed E-state index contributed by atoms with van der Waals surface area (Å²) in [6.07, 6.45) is 7.37. The summed E-state index contributed by atoms with van der Waals surface area (Å²) in [5, 5.41) is 0. The van der Waals surface area contributed by atoms with Crippen LogP contribution in [0.15, 0.2) is 0 Å². The highest BCUT2D eigenvalue weighted by molar-refractivity contribution is 4.77. The van der Waals surface area contributed by atoms with Crippen LogP contribution in [-0.4, -0.2) is 24.5 Å². The smallest absolute Gasteiger partial charge is 0.000976 e. The molecule has 12 heavy (non-hydrogen) atoms. The first-order valence-corrected chi connectivity index (χ1v) is 5.57. The lowest BCUT2D eigenvalue weighted by Crippen LogP contribution is -2.25. The number of hydrogen-bond donors (Lipinski definition) is 0. The summed E-state index contributed by atoms with van der Waals surface area (Å²) in [5.41, 5.74) is 0. The molecule has 2 unspecified atom stereocenters. The maximum Gasteiger partial charge on any atom is 0.000976 e. The molecule has 1 heteroatoms. The number of nitrogens with zero attached hydrogens (tertiary/aromatic N) is 1. The van der Waals surface area contributed by atoms with Gasteiger partial charge in [-0.1, -0.05) is 13.3 Å². The van der Waals surface area contributed by atoms with Crippen molar-refractivity contribution in [2.75, 3.05) is 19.6 Å². The molecule has 1 saturated heterocycles. The lowest BCUT2D eigenvalue weighted by molar-refractivity contribution is 0.277. The summed E-state index contributed by atoms with van der Waals surface area (Å²) in [6, 6.07) is 0. The van der Waals surface area contributed by atoms with Gasteiger partial charge >= 0.3 is 0 Å². The van der Waals surface area contributed by atoms with Gasteiger partial charge in [-0.25, -0.2) is 0 Å². The van der Waals surface area contributed by atoms with Crippen LogP contribution in [0.25, 0.3) is 0 Å². The molecular formula is C11H21N. The Labute approximate surface area is 76.1 Å². The van der Waals surface area contributed by atoms with Crippen molar-refractivity contribution in [2.24, 2.45) is 11.8 Å². The van der Waals surface area contributed by atoms with Gasteiger partial charge in [0.15, 0.2) is 0 Å². The molecule has 1 nitrogen and oxygen atoms in total. The molecule has 1 saturated carbocycles. The lowest BCUT2D eigenvalue weighted by atomic mass is 10.1. The number of likely N-dealkylation sites (tertiary alicyclic amines) is 1. The topological polar surface area (TPSA) is 3.24 Å². The molecule has 0 spiro atoms. The fraction of sp³-hybridized carbons (Fsp3) is 1.00. The second-order valence-corrected chi connectivity index (χ2v) is 4.79. The normalized spacial score (nSPS) is 37.8. The zero-order valence-electron chi connectivity index (χ0n) is 8.26. The minimum atomic E-state index is 1.01. The molecule has 0 aromatic carbocycles. The van der Waals surface area contributed by atoms with Crippen LogP contribution >= 0.6 is 0 Å². The van der Waals surface area contributed by atoms with Gasteiger partial charge in [-0.15, -0.1) is 0 Å². The Kier molecular flexibility index (Phi) is 2.69. The van der Waals surface area contributed by atoms with Gasteiger partial charge in [0.25, 0.3) is 0 Å². The summed E-state index contributed by atoms with van der Waals surface area (Å²) in [5.74, 6) is 2.05. The molecule has 2 atom stereocenters. The zero-order chi connectivity index (χ0) is 8.39. The summed E-state index contributed by atoms with van der Waals surface area (Å²) in [6.45, 7) is 6.57. The molecule has 2 aliphatic rings. The van der Waals surface area contributed by atoms with Gasteiger partial charge in [-0.2, -0.15) is 0 Å². The van der Waals surface area contributed by atoms with Gasteiger partial charge in [0.2, 0.25) is 0 Å². The van der Waals surface area contributed by atoms with E-state index >= 15 is 0 Å². The molecule has 0 radical (unpaired) electrons. The fourth-order valence-electron chi connectivity index (χ4n) is 2.82. The first-order chi connectivity index (χ1) is 5.84. The Balaban J connectivity index is 1.72. The van der Waals surface area contributed by atoms with Crippen LogP contribution in [0.4, 0.5) is 0 Å². The molecular weight excluding hydrogens is 146 g/mol. The van der Waals surface area contributed by atoms with E-state index in [2.05, 4.69) is 11.8 Å². The van der Waals surface area contributed by atoms with E-state index in [1.807, 2.05) is 0 Å². The van der Waals surface area contributed by atoms with E-state index < -0.39 is 0 Å². The summed E-state index contributed by atoms with van der Waals surface area (Å²) < 4.78 is 0. The Morgan fingerprint density at radius 2 is 1.92 bits per heavy atom. The highest BCUT2D eigenvalue weighted by atomic mass is 15.1. The van der Waals surface area contributed by atoms with Gasteiger partial charge in [0.1, 0.15) is 0 Å². The highest BCUT2D eigenvalue weighted by Crippen LogP contribution is 2.31. The largest absolute Gasteiger partial charge is 0.303 e. The van der Waals surface area contributed by atoms with E-state index in [0.717, 1.165) is 11.8 Å². The van der Waals surface area contributed by atoms with Crippen molar-refractivity contribution in [3.05, 3.63) is 0 Å². The van der Waals surface area contributed by atoms with E-state index in [1.54, 1.807) is 0 Å². The maximum absolute atomic E-state index is 2.67. The third-order valence-corrected chi connectivity index (χ3v) is 3.52. The van der Waals surface area contributed by atoms with Crippen molar-refractivity contribution in [1.82, 2.24) is 4.90 Å². The van der Waals surface area contributed by atoms with Crippen molar-refractivity contribution in [3.63, 3.8) is 0 Å². The van der Waals surface area contributed by atoms with Gasteiger partial charge in [-0.3, -0.25) is 0 Å². The monoisotopic (exact) mass is 167 g/mol. The molecule has 2 fully saturated rings. The Hall–Kier alpha value is -0.0400. The first kappa shape index (κ1) is 8.55. The van der Waals surface area contributed by atoms with Gasteiger partial charge < -0.3 is 4.90 Å². The van der Waals surface area contributed by atoms with E-state index in [9.17, 15) is 0 Å². The third-order valence-electron chi connectivity index (χ3n) is 3.52. The van der Waals surface area contributed by atoms with E-state index in [-0.39, 0.29) is 0 Å². The van der Waals surface area contributed by atoms with Gasteiger partial charge in [0, 0.05) is 6.54 Å². The van der Waals surface area contributed by atoms with Crippen LogP contribution in [-0.2, 0) is 0 Å². The second kappa shape index (κ2) is 3.78. The molecule has 0 N–H and O–H groups in total. The second-order valence-electron chi connectivity index (χ2n) is 4.79. The first-order valence-electron chi connectivity index (χ1n) is 5.57. The van der Waals surface area contributed by atoms with Gasteiger partial charge in [-0.05, 0) is 50.6 Å². The molecule has 0 bridgehead atoms. The molecule has 2 rings (SSSR count). The quantitative estimate of drug-likeness (QED) is 0.611. The van der Waals surface area contributed by atoms with Crippen LogP contribution in [0.2, 0.25) is 0 Å². The Bertz CT molecular complexity index is 138. The average Bonchev–Trinajstić information content (AvgIpc) is 2.63. The van der Waals surface area contributed by atoms with Gasteiger partial charge in [0.05, 0.1) is 0 Å². The predicted molar refractivity (Wildman–Crippen MR) is 52.2 cm³/mol. The number of rotatable bonds is 2. The lowest BCUT2D eigenvalue weighted by Gasteiger charge is -2.19. The summed E-state index contributed by atoms with van der Waals surface area (Å²) in [7, 11) is 0. The molecule has 1 heterocycles. The fourth-order valence-corrected chi connectivity index (χ4v) is 2.82. The van der Waals surface area contributed by atoms with Crippen LogP contribution in [0.3, 0.4) is 0 Å². The SMILES string of the molecule is CC1CCC(CN2CCCC2)C1. The zero-order valence-corrected chi connectivity index (χ0v) is 8.26. The van der Waals surface area contributed by atoms with Crippen LogP contribution in [0.5, 0.6) is 0 Å².